The van der Waals surface area contributed by atoms with Crippen LogP contribution in [0.1, 0.15) is 24.5 Å². The summed E-state index contributed by atoms with van der Waals surface area (Å²) in [6, 6.07) is 4.34. The molecule has 1 aromatic rings. The molecule has 0 saturated heterocycles. The molecule has 0 heterocycles. The minimum atomic E-state index is -0.919. The molecule has 0 aliphatic heterocycles. The third-order valence-electron chi connectivity index (χ3n) is 2.63. The van der Waals surface area contributed by atoms with E-state index in [4.69, 9.17) is 17.3 Å². The van der Waals surface area contributed by atoms with Crippen molar-refractivity contribution in [3.05, 3.63) is 34.6 Å². The van der Waals surface area contributed by atoms with Crippen molar-refractivity contribution < 1.29 is 9.50 Å². The van der Waals surface area contributed by atoms with E-state index >= 15 is 0 Å². The van der Waals surface area contributed by atoms with Crippen molar-refractivity contribution in [3.8, 4) is 0 Å². The molecule has 1 aliphatic carbocycles. The number of nitrogens with two attached hydrogens (primary N) is 1. The molecule has 4 nitrogen and oxygen atoms in total. The van der Waals surface area contributed by atoms with Gasteiger partial charge < -0.3 is 16.2 Å². The summed E-state index contributed by atoms with van der Waals surface area (Å²) in [5, 5.41) is 13.1. The van der Waals surface area contributed by atoms with E-state index in [1.807, 2.05) is 0 Å². The van der Waals surface area contributed by atoms with Gasteiger partial charge in [-0.15, -0.1) is 0 Å². The smallest absolute Gasteiger partial charge is 0.188 e. The molecule has 1 aromatic carbocycles. The Morgan fingerprint density at radius 2 is 2.28 bits per heavy atom. The van der Waals surface area contributed by atoms with Crippen LogP contribution in [0.2, 0.25) is 5.02 Å². The number of aliphatic imine (C=N–C) groups is 1. The highest BCUT2D eigenvalue weighted by Gasteiger charge is 2.21. The quantitative estimate of drug-likeness (QED) is 0.575. The molecule has 6 heteroatoms. The third-order valence-corrected chi connectivity index (χ3v) is 2.85. The molecule has 18 heavy (non-hydrogen) atoms. The van der Waals surface area contributed by atoms with Gasteiger partial charge in [0, 0.05) is 11.1 Å². The van der Waals surface area contributed by atoms with Crippen LogP contribution in [0.25, 0.3) is 0 Å². The van der Waals surface area contributed by atoms with Gasteiger partial charge in [0.2, 0.25) is 0 Å². The Hall–Kier alpha value is -1.33. The maximum absolute atomic E-state index is 13.1. The van der Waals surface area contributed by atoms with E-state index in [0.29, 0.717) is 17.6 Å². The fourth-order valence-electron chi connectivity index (χ4n) is 1.54. The molecule has 0 amide bonds. The molecule has 0 aromatic heterocycles. The first kappa shape index (κ1) is 13.1. The van der Waals surface area contributed by atoms with Crippen molar-refractivity contribution in [1.29, 1.82) is 0 Å². The van der Waals surface area contributed by atoms with E-state index in [1.165, 1.54) is 18.2 Å². The normalized spacial score (nSPS) is 17.6. The SMILES string of the molecule is NC(=NCC(O)c1cc(F)cc(Cl)c1)NC1CC1. The van der Waals surface area contributed by atoms with Crippen LogP contribution < -0.4 is 11.1 Å². The number of nitrogens with zero attached hydrogens (tertiary/aromatic N) is 1. The molecule has 2 rings (SSSR count). The van der Waals surface area contributed by atoms with E-state index in [1.54, 1.807) is 0 Å². The van der Waals surface area contributed by atoms with Crippen molar-refractivity contribution in [1.82, 2.24) is 5.32 Å². The summed E-state index contributed by atoms with van der Waals surface area (Å²) in [7, 11) is 0. The summed E-state index contributed by atoms with van der Waals surface area (Å²) in [6.45, 7) is 0.0747. The molecule has 98 valence electrons. The lowest BCUT2D eigenvalue weighted by Crippen LogP contribution is -2.33. The second-order valence-electron chi connectivity index (χ2n) is 4.36. The zero-order valence-corrected chi connectivity index (χ0v) is 10.5. The largest absolute Gasteiger partial charge is 0.386 e. The van der Waals surface area contributed by atoms with Crippen molar-refractivity contribution in [2.24, 2.45) is 10.7 Å². The lowest BCUT2D eigenvalue weighted by Gasteiger charge is -2.10. The highest BCUT2D eigenvalue weighted by Crippen LogP contribution is 2.20. The minimum Gasteiger partial charge on any atom is -0.386 e. The highest BCUT2D eigenvalue weighted by atomic mass is 35.5. The Morgan fingerprint density at radius 1 is 1.56 bits per heavy atom. The van der Waals surface area contributed by atoms with Crippen molar-refractivity contribution in [2.45, 2.75) is 25.0 Å². The van der Waals surface area contributed by atoms with Crippen LogP contribution in [-0.4, -0.2) is 23.7 Å². The van der Waals surface area contributed by atoms with Gasteiger partial charge in [-0.2, -0.15) is 0 Å². The standard InChI is InChI=1S/C12H15ClFN3O/c13-8-3-7(4-9(14)5-8)11(18)6-16-12(15)17-10-1-2-10/h3-5,10-11,18H,1-2,6H2,(H3,15,16,17). The fraction of sp³-hybridized carbons (Fsp3) is 0.417. The van der Waals surface area contributed by atoms with Gasteiger partial charge in [-0.1, -0.05) is 11.6 Å². The second kappa shape index (κ2) is 5.54. The Balaban J connectivity index is 1.95. The van der Waals surface area contributed by atoms with Crippen LogP contribution in [-0.2, 0) is 0 Å². The maximum atomic E-state index is 13.1. The Morgan fingerprint density at radius 3 is 2.89 bits per heavy atom. The predicted octanol–water partition coefficient (Wildman–Crippen LogP) is 1.58. The predicted molar refractivity (Wildman–Crippen MR) is 69.0 cm³/mol. The summed E-state index contributed by atoms with van der Waals surface area (Å²) >= 11 is 5.71. The molecule has 1 saturated carbocycles. The Labute approximate surface area is 110 Å². The molecule has 1 fully saturated rings. The monoisotopic (exact) mass is 271 g/mol. The van der Waals surface area contributed by atoms with Crippen LogP contribution in [0.4, 0.5) is 4.39 Å². The van der Waals surface area contributed by atoms with E-state index in [2.05, 4.69) is 10.3 Å². The number of aliphatic hydroxyl groups excluding tert-OH is 1. The summed E-state index contributed by atoms with van der Waals surface area (Å²) in [6.07, 6.45) is 1.27. The number of nitrogens with one attached hydrogen (secondary N) is 1. The van der Waals surface area contributed by atoms with E-state index < -0.39 is 11.9 Å². The zero-order valence-electron chi connectivity index (χ0n) is 9.74. The average Bonchev–Trinajstić information content (AvgIpc) is 3.08. The van der Waals surface area contributed by atoms with Gasteiger partial charge >= 0.3 is 0 Å². The number of hydrogen-bond acceptors (Lipinski definition) is 2. The van der Waals surface area contributed by atoms with Crippen molar-refractivity contribution in [3.63, 3.8) is 0 Å². The lowest BCUT2D eigenvalue weighted by atomic mass is 10.1. The van der Waals surface area contributed by atoms with Crippen molar-refractivity contribution >= 4 is 17.6 Å². The number of halogens is 2. The topological polar surface area (TPSA) is 70.6 Å². The molecular weight excluding hydrogens is 257 g/mol. The van der Waals surface area contributed by atoms with Crippen LogP contribution in [0.3, 0.4) is 0 Å². The summed E-state index contributed by atoms with van der Waals surface area (Å²) in [5.74, 6) is -0.177. The average molecular weight is 272 g/mol. The molecule has 4 N–H and O–H groups in total. The number of guanidine groups is 1. The van der Waals surface area contributed by atoms with Crippen LogP contribution in [0, 0.1) is 5.82 Å². The van der Waals surface area contributed by atoms with Crippen LogP contribution >= 0.6 is 11.6 Å². The van der Waals surface area contributed by atoms with Gasteiger partial charge in [-0.3, -0.25) is 4.99 Å². The minimum absolute atomic E-state index is 0.0747. The van der Waals surface area contributed by atoms with E-state index in [-0.39, 0.29) is 11.6 Å². The molecule has 1 atom stereocenters. The number of aliphatic hydroxyl groups is 1. The van der Waals surface area contributed by atoms with Gasteiger partial charge in [-0.25, -0.2) is 4.39 Å². The third kappa shape index (κ3) is 3.85. The van der Waals surface area contributed by atoms with Gasteiger partial charge in [0.05, 0.1) is 12.6 Å². The van der Waals surface area contributed by atoms with Gasteiger partial charge in [0.1, 0.15) is 5.82 Å². The van der Waals surface area contributed by atoms with Gasteiger partial charge in [0.15, 0.2) is 5.96 Å². The summed E-state index contributed by atoms with van der Waals surface area (Å²) < 4.78 is 13.1. The Kier molecular flexibility index (Phi) is 4.04. The van der Waals surface area contributed by atoms with Gasteiger partial charge in [0.25, 0.3) is 0 Å². The highest BCUT2D eigenvalue weighted by molar-refractivity contribution is 6.30. The van der Waals surface area contributed by atoms with E-state index in [9.17, 15) is 9.50 Å². The first-order valence-electron chi connectivity index (χ1n) is 5.75. The lowest BCUT2D eigenvalue weighted by molar-refractivity contribution is 0.186. The molecular formula is C12H15ClFN3O. The van der Waals surface area contributed by atoms with Crippen LogP contribution in [0.5, 0.6) is 0 Å². The first-order valence-corrected chi connectivity index (χ1v) is 6.13. The molecule has 0 radical (unpaired) electrons. The summed E-state index contributed by atoms with van der Waals surface area (Å²) in [4.78, 5) is 4.01. The first-order chi connectivity index (χ1) is 8.54. The summed E-state index contributed by atoms with van der Waals surface area (Å²) in [5.41, 5.74) is 6.02. The molecule has 1 unspecified atom stereocenters. The fourth-order valence-corrected chi connectivity index (χ4v) is 1.77. The van der Waals surface area contributed by atoms with E-state index in [0.717, 1.165) is 12.8 Å². The van der Waals surface area contributed by atoms with Gasteiger partial charge in [-0.05, 0) is 36.6 Å². The molecule has 0 spiro atoms. The zero-order chi connectivity index (χ0) is 13.1. The Bertz CT molecular complexity index is 442. The van der Waals surface area contributed by atoms with Crippen LogP contribution in [0.15, 0.2) is 23.2 Å². The number of benzene rings is 1. The second-order valence-corrected chi connectivity index (χ2v) is 4.80. The molecule has 0 bridgehead atoms. The number of rotatable bonds is 4. The van der Waals surface area contributed by atoms with Crippen molar-refractivity contribution in [2.75, 3.05) is 6.54 Å². The maximum Gasteiger partial charge on any atom is 0.188 e. The number of hydrogen-bond donors (Lipinski definition) is 3. The molecule has 1 aliphatic rings.